The largest absolute Gasteiger partial charge is 0.480 e. The topological polar surface area (TPSA) is 72.5 Å². The Labute approximate surface area is 84.9 Å². The molecule has 0 unspecified atom stereocenters. The summed E-state index contributed by atoms with van der Waals surface area (Å²) in [5, 5.41) is 8.54. The smallest absolute Gasteiger partial charge is 0.323 e. The number of hydrogen-bond acceptors (Lipinski definition) is 3. The number of aliphatic carboxylic acids is 1. The van der Waals surface area contributed by atoms with E-state index < -0.39 is 18.1 Å². The van der Waals surface area contributed by atoms with E-state index >= 15 is 0 Å². The van der Waals surface area contributed by atoms with Gasteiger partial charge < -0.3 is 15.6 Å². The Kier molecular flexibility index (Phi) is 6.32. The van der Waals surface area contributed by atoms with Crippen molar-refractivity contribution in [1.29, 1.82) is 0 Å². The first-order chi connectivity index (χ1) is 5.24. The van der Waals surface area contributed by atoms with Gasteiger partial charge in [0.25, 0.3) is 0 Å². The first-order valence-electron chi connectivity index (χ1n) is 3.90. The van der Waals surface area contributed by atoms with Crippen molar-refractivity contribution in [2.45, 2.75) is 45.4 Å². The van der Waals surface area contributed by atoms with Gasteiger partial charge in [-0.15, -0.1) is 12.4 Å². The van der Waals surface area contributed by atoms with Crippen molar-refractivity contribution in [2.75, 3.05) is 0 Å². The van der Waals surface area contributed by atoms with Crippen molar-refractivity contribution in [3.63, 3.8) is 0 Å². The van der Waals surface area contributed by atoms with E-state index in [0.29, 0.717) is 0 Å². The van der Waals surface area contributed by atoms with Gasteiger partial charge >= 0.3 is 5.97 Å². The third kappa shape index (κ3) is 6.81. The molecule has 0 bridgehead atoms. The average Bonchev–Trinajstić information content (AvgIpc) is 1.82. The lowest BCUT2D eigenvalue weighted by Gasteiger charge is -2.26. The van der Waals surface area contributed by atoms with Crippen LogP contribution in [0.2, 0.25) is 0 Å². The van der Waals surface area contributed by atoms with E-state index in [9.17, 15) is 4.79 Å². The summed E-state index contributed by atoms with van der Waals surface area (Å²) in [6.45, 7) is 7.23. The molecule has 0 saturated carbocycles. The molecule has 0 spiro atoms. The van der Waals surface area contributed by atoms with Crippen molar-refractivity contribution >= 4 is 18.4 Å². The molecule has 80 valence electrons. The first kappa shape index (κ1) is 15.2. The van der Waals surface area contributed by atoms with Gasteiger partial charge in [-0.3, -0.25) is 4.79 Å². The number of halogens is 1. The van der Waals surface area contributed by atoms with E-state index in [1.165, 1.54) is 0 Å². The molecule has 0 rings (SSSR count). The molecule has 0 saturated heterocycles. The normalized spacial score (nSPS) is 15.8. The molecule has 2 atom stereocenters. The predicted molar refractivity (Wildman–Crippen MR) is 53.2 cm³/mol. The zero-order valence-corrected chi connectivity index (χ0v) is 9.22. The van der Waals surface area contributed by atoms with Crippen molar-refractivity contribution < 1.29 is 14.6 Å². The lowest BCUT2D eigenvalue weighted by Crippen LogP contribution is -2.44. The number of carboxylic acid groups (broad SMARTS) is 1. The summed E-state index contributed by atoms with van der Waals surface area (Å²) in [6, 6.07) is -0.954. The molecule has 0 aliphatic carbocycles. The maximum absolute atomic E-state index is 10.4. The van der Waals surface area contributed by atoms with Crippen molar-refractivity contribution in [3.05, 3.63) is 0 Å². The number of hydrogen-bond donors (Lipinski definition) is 2. The fourth-order valence-corrected chi connectivity index (χ4v) is 0.832. The van der Waals surface area contributed by atoms with E-state index in [0.717, 1.165) is 0 Å². The molecule has 0 heterocycles. The van der Waals surface area contributed by atoms with Crippen LogP contribution in [0.5, 0.6) is 0 Å². The Balaban J connectivity index is 0. The van der Waals surface area contributed by atoms with Gasteiger partial charge in [0.1, 0.15) is 6.04 Å². The number of ether oxygens (including phenoxy) is 1. The molecule has 0 aromatic heterocycles. The molecule has 0 aliphatic rings. The van der Waals surface area contributed by atoms with Crippen LogP contribution in [0.3, 0.4) is 0 Å². The van der Waals surface area contributed by atoms with Crippen LogP contribution in [0.15, 0.2) is 0 Å². The minimum atomic E-state index is -1.04. The molecule has 0 radical (unpaired) electrons. The van der Waals surface area contributed by atoms with Crippen LogP contribution in [0.1, 0.15) is 27.7 Å². The number of nitrogens with two attached hydrogens (primary N) is 1. The molecule has 0 fully saturated rings. The van der Waals surface area contributed by atoms with Crippen LogP contribution >= 0.6 is 12.4 Å². The Morgan fingerprint density at radius 3 is 2.08 bits per heavy atom. The summed E-state index contributed by atoms with van der Waals surface area (Å²) in [7, 11) is 0. The highest BCUT2D eigenvalue weighted by molar-refractivity contribution is 5.85. The highest BCUT2D eigenvalue weighted by atomic mass is 35.5. The Bertz CT molecular complexity index is 167. The van der Waals surface area contributed by atoms with E-state index in [-0.39, 0.29) is 18.0 Å². The monoisotopic (exact) mass is 211 g/mol. The second-order valence-electron chi connectivity index (χ2n) is 3.80. The van der Waals surface area contributed by atoms with Gasteiger partial charge in [-0.2, -0.15) is 0 Å². The summed E-state index contributed by atoms with van der Waals surface area (Å²) >= 11 is 0. The van der Waals surface area contributed by atoms with Crippen LogP contribution in [-0.2, 0) is 9.53 Å². The summed E-state index contributed by atoms with van der Waals surface area (Å²) in [5.41, 5.74) is 4.99. The minimum absolute atomic E-state index is 0. The molecule has 0 amide bonds. The average molecular weight is 212 g/mol. The van der Waals surface area contributed by atoms with E-state index in [1.54, 1.807) is 6.92 Å². The molecular formula is C8H18ClNO3. The summed E-state index contributed by atoms with van der Waals surface area (Å²) in [5.74, 6) is -1.04. The molecular weight excluding hydrogens is 194 g/mol. The number of rotatable bonds is 3. The highest BCUT2D eigenvalue weighted by Gasteiger charge is 2.24. The Morgan fingerprint density at radius 1 is 1.46 bits per heavy atom. The van der Waals surface area contributed by atoms with E-state index in [2.05, 4.69) is 0 Å². The van der Waals surface area contributed by atoms with Gasteiger partial charge in [0.2, 0.25) is 0 Å². The van der Waals surface area contributed by atoms with E-state index in [4.69, 9.17) is 15.6 Å². The molecule has 4 nitrogen and oxygen atoms in total. The second kappa shape index (κ2) is 5.42. The lowest BCUT2D eigenvalue weighted by molar-refractivity contribution is -0.145. The molecule has 5 heteroatoms. The van der Waals surface area contributed by atoms with Gasteiger partial charge in [0, 0.05) is 0 Å². The Morgan fingerprint density at radius 2 is 1.85 bits per heavy atom. The quantitative estimate of drug-likeness (QED) is 0.731. The molecule has 3 N–H and O–H groups in total. The SMILES string of the molecule is C[C@@H](OC(C)(C)C)[C@H](N)C(=O)O.Cl. The van der Waals surface area contributed by atoms with Gasteiger partial charge in [-0.1, -0.05) is 0 Å². The fraction of sp³-hybridized carbons (Fsp3) is 0.875. The maximum Gasteiger partial charge on any atom is 0.323 e. The van der Waals surface area contributed by atoms with E-state index in [1.807, 2.05) is 20.8 Å². The number of carboxylic acids is 1. The zero-order chi connectivity index (χ0) is 9.94. The molecule has 0 aliphatic heterocycles. The third-order valence-electron chi connectivity index (χ3n) is 1.33. The lowest BCUT2D eigenvalue weighted by atomic mass is 10.1. The van der Waals surface area contributed by atoms with Crippen LogP contribution in [0.25, 0.3) is 0 Å². The van der Waals surface area contributed by atoms with Gasteiger partial charge in [-0.25, -0.2) is 0 Å². The van der Waals surface area contributed by atoms with Crippen LogP contribution in [0.4, 0.5) is 0 Å². The predicted octanol–water partition coefficient (Wildman–Crippen LogP) is 1.02. The number of carbonyl (C=O) groups is 1. The van der Waals surface area contributed by atoms with Crippen LogP contribution in [0, 0.1) is 0 Å². The first-order valence-corrected chi connectivity index (χ1v) is 3.90. The minimum Gasteiger partial charge on any atom is -0.480 e. The van der Waals surface area contributed by atoms with Gasteiger partial charge in [-0.05, 0) is 27.7 Å². The highest BCUT2D eigenvalue weighted by Crippen LogP contribution is 2.11. The van der Waals surface area contributed by atoms with Crippen LogP contribution in [-0.4, -0.2) is 28.8 Å². The van der Waals surface area contributed by atoms with Gasteiger partial charge in [0.05, 0.1) is 11.7 Å². The summed E-state index contributed by atoms with van der Waals surface area (Å²) in [4.78, 5) is 10.4. The molecule has 0 aromatic rings. The summed E-state index contributed by atoms with van der Waals surface area (Å²) in [6.07, 6.45) is -0.470. The van der Waals surface area contributed by atoms with Gasteiger partial charge in [0.15, 0.2) is 0 Å². The maximum atomic E-state index is 10.4. The third-order valence-corrected chi connectivity index (χ3v) is 1.33. The van der Waals surface area contributed by atoms with Crippen molar-refractivity contribution in [1.82, 2.24) is 0 Å². The Hall–Kier alpha value is -0.320. The second-order valence-corrected chi connectivity index (χ2v) is 3.80. The fourth-order valence-electron chi connectivity index (χ4n) is 0.832. The van der Waals surface area contributed by atoms with Crippen molar-refractivity contribution in [3.8, 4) is 0 Å². The standard InChI is InChI=1S/C8H17NO3.ClH/c1-5(6(9)7(10)11)12-8(2,3)4;/h5-6H,9H2,1-4H3,(H,10,11);1H/t5-,6+;/m1./s1. The molecule has 0 aromatic carbocycles. The van der Waals surface area contributed by atoms with Crippen LogP contribution < -0.4 is 5.73 Å². The van der Waals surface area contributed by atoms with Crippen molar-refractivity contribution in [2.24, 2.45) is 5.73 Å². The molecule has 13 heavy (non-hydrogen) atoms. The zero-order valence-electron chi connectivity index (χ0n) is 8.40. The summed E-state index contributed by atoms with van der Waals surface area (Å²) < 4.78 is 5.35.